The highest BCUT2D eigenvalue weighted by Gasteiger charge is 2.34. The lowest BCUT2D eigenvalue weighted by atomic mass is 10.0. The third-order valence-electron chi connectivity index (χ3n) is 5.51. The van der Waals surface area contributed by atoms with Gasteiger partial charge in [0.15, 0.2) is 0 Å². The summed E-state index contributed by atoms with van der Waals surface area (Å²) in [6.45, 7) is 4.64. The summed E-state index contributed by atoms with van der Waals surface area (Å²) in [7, 11) is 0. The van der Waals surface area contributed by atoms with E-state index in [-0.39, 0.29) is 17.7 Å². The second-order valence-electron chi connectivity index (χ2n) is 7.63. The number of rotatable bonds is 4. The fourth-order valence-corrected chi connectivity index (χ4v) is 3.59. The number of pyridine rings is 1. The van der Waals surface area contributed by atoms with Gasteiger partial charge in [-0.1, -0.05) is 23.4 Å². The Hall–Kier alpha value is -4.01. The smallest absolute Gasteiger partial charge is 0.274 e. The summed E-state index contributed by atoms with van der Waals surface area (Å²) < 4.78 is 7.15. The molecule has 1 saturated heterocycles. The van der Waals surface area contributed by atoms with E-state index >= 15 is 0 Å². The Kier molecular flexibility index (Phi) is 4.50. The average molecular weight is 416 g/mol. The number of imidazole rings is 1. The number of fused-ring (bicyclic) bond motifs is 1. The third-order valence-corrected chi connectivity index (χ3v) is 5.51. The van der Waals surface area contributed by atoms with Gasteiger partial charge in [-0.15, -0.1) is 0 Å². The molecule has 0 saturated carbocycles. The molecular formula is C22H20N6O3. The first-order chi connectivity index (χ1) is 15.0. The van der Waals surface area contributed by atoms with Crippen molar-refractivity contribution < 1.29 is 14.1 Å². The minimum Gasteiger partial charge on any atom is -0.341 e. The maximum atomic E-state index is 12.9. The van der Waals surface area contributed by atoms with Crippen molar-refractivity contribution in [3.8, 4) is 11.4 Å². The molecule has 1 aliphatic heterocycles. The van der Waals surface area contributed by atoms with Crippen molar-refractivity contribution in [2.75, 3.05) is 18.4 Å². The Bertz CT molecular complexity index is 1300. The molecule has 0 radical (unpaired) electrons. The maximum absolute atomic E-state index is 12.9. The summed E-state index contributed by atoms with van der Waals surface area (Å²) >= 11 is 0. The maximum Gasteiger partial charge on any atom is 0.274 e. The molecule has 1 N–H and O–H groups in total. The van der Waals surface area contributed by atoms with E-state index in [4.69, 9.17) is 4.52 Å². The van der Waals surface area contributed by atoms with Crippen LogP contribution in [0, 0.1) is 6.92 Å². The number of nitrogens with zero attached hydrogens (tertiary/aromatic N) is 5. The van der Waals surface area contributed by atoms with Gasteiger partial charge in [-0.2, -0.15) is 4.98 Å². The zero-order chi connectivity index (χ0) is 21.5. The second-order valence-corrected chi connectivity index (χ2v) is 7.63. The van der Waals surface area contributed by atoms with Crippen molar-refractivity contribution in [1.82, 2.24) is 24.4 Å². The predicted octanol–water partition coefficient (Wildman–Crippen LogP) is 2.89. The second kappa shape index (κ2) is 7.35. The number of likely N-dealkylation sites (tertiary alicyclic amines) is 1. The summed E-state index contributed by atoms with van der Waals surface area (Å²) in [6.07, 6.45) is 3.35. The molecule has 0 aliphatic carbocycles. The Morgan fingerprint density at radius 1 is 1.19 bits per heavy atom. The molecule has 1 fully saturated rings. The lowest BCUT2D eigenvalue weighted by Gasteiger charge is -2.36. The molecule has 0 spiro atoms. The van der Waals surface area contributed by atoms with E-state index in [1.165, 1.54) is 0 Å². The summed E-state index contributed by atoms with van der Waals surface area (Å²) in [5.74, 6) is 0.809. The number of hydrogen-bond donors (Lipinski definition) is 1. The molecular weight excluding hydrogens is 396 g/mol. The standard InChI is InChI=1S/C22H20N6O3/c1-13-6-7-15(20-25-22(31-26-20)16-11-27(12-16)14(2)29)9-17(13)24-21(30)18-10-23-19-5-3-4-8-28(18)19/h3-10,16H,11-12H2,1-2H3,(H,24,30). The van der Waals surface area contributed by atoms with Crippen LogP contribution in [0.1, 0.15) is 34.8 Å². The Labute approximate surface area is 177 Å². The third kappa shape index (κ3) is 3.43. The summed E-state index contributed by atoms with van der Waals surface area (Å²) in [5.41, 5.74) is 3.45. The quantitative estimate of drug-likeness (QED) is 0.548. The van der Waals surface area contributed by atoms with Crippen LogP contribution in [-0.2, 0) is 4.79 Å². The molecule has 0 atom stereocenters. The number of nitrogens with one attached hydrogen (secondary N) is 1. The topological polar surface area (TPSA) is 106 Å². The highest BCUT2D eigenvalue weighted by Crippen LogP contribution is 2.29. The number of hydrogen-bond acceptors (Lipinski definition) is 6. The van der Waals surface area contributed by atoms with Gasteiger partial charge in [-0.25, -0.2) is 4.98 Å². The summed E-state index contributed by atoms with van der Waals surface area (Å²) in [6, 6.07) is 11.2. The van der Waals surface area contributed by atoms with Gasteiger partial charge in [0.05, 0.1) is 12.1 Å². The summed E-state index contributed by atoms with van der Waals surface area (Å²) in [4.78, 5) is 34.7. The first kappa shape index (κ1) is 19.0. The molecule has 156 valence electrons. The molecule has 5 rings (SSSR count). The van der Waals surface area contributed by atoms with Crippen molar-refractivity contribution >= 4 is 23.1 Å². The first-order valence-electron chi connectivity index (χ1n) is 9.93. The van der Waals surface area contributed by atoms with E-state index in [2.05, 4.69) is 20.4 Å². The fourth-order valence-electron chi connectivity index (χ4n) is 3.59. The van der Waals surface area contributed by atoms with Gasteiger partial charge in [-0.3, -0.25) is 14.0 Å². The number of carbonyl (C=O) groups excluding carboxylic acids is 2. The van der Waals surface area contributed by atoms with Crippen molar-refractivity contribution in [3.05, 3.63) is 65.9 Å². The lowest BCUT2D eigenvalue weighted by molar-refractivity contribution is -0.133. The van der Waals surface area contributed by atoms with Crippen LogP contribution < -0.4 is 5.32 Å². The monoisotopic (exact) mass is 416 g/mol. The van der Waals surface area contributed by atoms with Crippen LogP contribution in [-0.4, -0.2) is 49.3 Å². The highest BCUT2D eigenvalue weighted by atomic mass is 16.5. The molecule has 31 heavy (non-hydrogen) atoms. The number of carbonyl (C=O) groups is 2. The number of amides is 2. The molecule has 2 amide bonds. The molecule has 1 aliphatic rings. The fraction of sp³-hybridized carbons (Fsp3) is 0.227. The summed E-state index contributed by atoms with van der Waals surface area (Å²) in [5, 5.41) is 7.04. The number of benzene rings is 1. The zero-order valence-electron chi connectivity index (χ0n) is 17.1. The van der Waals surface area contributed by atoms with Gasteiger partial charge in [0.1, 0.15) is 11.3 Å². The van der Waals surface area contributed by atoms with E-state index in [1.54, 1.807) is 28.6 Å². The van der Waals surface area contributed by atoms with Crippen LogP contribution in [0.3, 0.4) is 0 Å². The van der Waals surface area contributed by atoms with Crippen LogP contribution in [0.25, 0.3) is 17.0 Å². The minimum atomic E-state index is -0.258. The SMILES string of the molecule is CC(=O)N1CC(c2nc(-c3ccc(C)c(NC(=O)c4cnc5ccccn45)c3)no2)C1. The van der Waals surface area contributed by atoms with E-state index < -0.39 is 0 Å². The predicted molar refractivity (Wildman–Crippen MR) is 113 cm³/mol. The van der Waals surface area contributed by atoms with E-state index in [0.29, 0.717) is 41.8 Å². The molecule has 3 aromatic heterocycles. The van der Waals surface area contributed by atoms with Gasteiger partial charge < -0.3 is 14.7 Å². The minimum absolute atomic E-state index is 0.0425. The van der Waals surface area contributed by atoms with Gasteiger partial charge in [-0.05, 0) is 30.7 Å². The van der Waals surface area contributed by atoms with Crippen molar-refractivity contribution in [2.45, 2.75) is 19.8 Å². The largest absolute Gasteiger partial charge is 0.341 e. The van der Waals surface area contributed by atoms with Crippen LogP contribution in [0.15, 0.2) is 53.3 Å². The number of aryl methyl sites for hydroxylation is 1. The zero-order valence-corrected chi connectivity index (χ0v) is 17.1. The number of anilines is 1. The molecule has 9 heteroatoms. The van der Waals surface area contributed by atoms with Crippen LogP contribution in [0.4, 0.5) is 5.69 Å². The number of aromatic nitrogens is 4. The molecule has 9 nitrogen and oxygen atoms in total. The first-order valence-corrected chi connectivity index (χ1v) is 9.93. The molecule has 4 heterocycles. The normalized spacial score (nSPS) is 13.9. The Morgan fingerprint density at radius 3 is 2.84 bits per heavy atom. The highest BCUT2D eigenvalue weighted by molar-refractivity contribution is 6.04. The van der Waals surface area contributed by atoms with E-state index in [0.717, 1.165) is 11.1 Å². The Balaban J connectivity index is 1.36. The van der Waals surface area contributed by atoms with Gasteiger partial charge in [0.25, 0.3) is 5.91 Å². The van der Waals surface area contributed by atoms with Crippen molar-refractivity contribution in [3.63, 3.8) is 0 Å². The lowest BCUT2D eigenvalue weighted by Crippen LogP contribution is -2.47. The van der Waals surface area contributed by atoms with E-state index in [1.807, 2.05) is 43.3 Å². The van der Waals surface area contributed by atoms with Gasteiger partial charge in [0.2, 0.25) is 17.6 Å². The van der Waals surface area contributed by atoms with Crippen molar-refractivity contribution in [1.29, 1.82) is 0 Å². The molecule has 1 aromatic carbocycles. The molecule has 0 unspecified atom stereocenters. The van der Waals surface area contributed by atoms with Crippen LogP contribution in [0.2, 0.25) is 0 Å². The molecule has 0 bridgehead atoms. The van der Waals surface area contributed by atoms with Crippen molar-refractivity contribution in [2.24, 2.45) is 0 Å². The van der Waals surface area contributed by atoms with Gasteiger partial charge >= 0.3 is 0 Å². The van der Waals surface area contributed by atoms with Gasteiger partial charge in [0, 0.05) is 37.5 Å². The van der Waals surface area contributed by atoms with Crippen LogP contribution >= 0.6 is 0 Å². The van der Waals surface area contributed by atoms with Crippen LogP contribution in [0.5, 0.6) is 0 Å². The molecule has 4 aromatic rings. The Morgan fingerprint density at radius 2 is 2.03 bits per heavy atom. The van der Waals surface area contributed by atoms with E-state index in [9.17, 15) is 9.59 Å². The average Bonchev–Trinajstić information content (AvgIpc) is 3.35.